The SMILES string of the molecule is CC1(C)c2ccccc2-c2ccc(N(c3ccc(-c4ccccc4)cc3)c3ccc(-c4cc(-c5ccccc5)cc5c4-c4ccccc4C54c5ccccc5-c5ccccc54)cc3)cc21. The van der Waals surface area contributed by atoms with Crippen LogP contribution < -0.4 is 4.90 Å². The summed E-state index contributed by atoms with van der Waals surface area (Å²) < 4.78 is 0. The highest BCUT2D eigenvalue weighted by molar-refractivity contribution is 6.02. The predicted octanol–water partition coefficient (Wildman–Crippen LogP) is 16.8. The zero-order chi connectivity index (χ0) is 43.3. The Morgan fingerprint density at radius 2 is 0.677 bits per heavy atom. The van der Waals surface area contributed by atoms with Gasteiger partial charge in [0.1, 0.15) is 0 Å². The van der Waals surface area contributed by atoms with Gasteiger partial charge in [-0.2, -0.15) is 0 Å². The summed E-state index contributed by atoms with van der Waals surface area (Å²) >= 11 is 0. The molecule has 0 aromatic heterocycles. The summed E-state index contributed by atoms with van der Waals surface area (Å²) in [7, 11) is 0. The molecule has 0 amide bonds. The first-order valence-corrected chi connectivity index (χ1v) is 22.8. The van der Waals surface area contributed by atoms with Crippen LogP contribution in [-0.4, -0.2) is 0 Å². The van der Waals surface area contributed by atoms with Crippen LogP contribution in [0.15, 0.2) is 237 Å². The Morgan fingerprint density at radius 3 is 1.26 bits per heavy atom. The Labute approximate surface area is 381 Å². The minimum atomic E-state index is -0.442. The van der Waals surface area contributed by atoms with Gasteiger partial charge in [-0.3, -0.25) is 0 Å². The van der Waals surface area contributed by atoms with Gasteiger partial charge in [-0.15, -0.1) is 0 Å². The summed E-state index contributed by atoms with van der Waals surface area (Å²) in [6.45, 7) is 4.73. The van der Waals surface area contributed by atoms with Gasteiger partial charge >= 0.3 is 0 Å². The lowest BCUT2D eigenvalue weighted by Crippen LogP contribution is -2.25. The molecule has 0 bridgehead atoms. The first kappa shape index (κ1) is 37.5. The molecule has 306 valence electrons. The highest BCUT2D eigenvalue weighted by Gasteiger charge is 2.52. The average Bonchev–Trinajstić information content (AvgIpc) is 3.93. The van der Waals surface area contributed by atoms with Crippen molar-refractivity contribution in [2.24, 2.45) is 0 Å². The highest BCUT2D eigenvalue weighted by atomic mass is 15.1. The molecule has 10 aromatic rings. The first-order valence-electron chi connectivity index (χ1n) is 22.8. The molecule has 1 nitrogen and oxygen atoms in total. The monoisotopic (exact) mass is 827 g/mol. The van der Waals surface area contributed by atoms with Crippen LogP contribution in [0.3, 0.4) is 0 Å². The molecule has 0 N–H and O–H groups in total. The van der Waals surface area contributed by atoms with Gasteiger partial charge in [0.25, 0.3) is 0 Å². The molecule has 0 aliphatic heterocycles. The van der Waals surface area contributed by atoms with E-state index in [4.69, 9.17) is 0 Å². The standard InChI is InChI=1S/C64H45N/c1-63(2)56-25-13-9-21-50(56)53-38-37-49(41-60(53)63)65(47-33-29-44(30-34-47)42-17-5-3-6-18-42)48-35-31-45(32-36-48)55-39-46(43-19-7-4-8-20-43)40-61-62(55)54-24-12-16-28-59(54)64(61)57-26-14-10-22-51(57)52-23-11-15-27-58(52)64/h3-41H,1-2H3. The van der Waals surface area contributed by atoms with Crippen molar-refractivity contribution >= 4 is 17.1 Å². The first-order chi connectivity index (χ1) is 32.0. The number of hydrogen-bond acceptors (Lipinski definition) is 1. The summed E-state index contributed by atoms with van der Waals surface area (Å²) in [5.74, 6) is 0. The van der Waals surface area contributed by atoms with Crippen molar-refractivity contribution in [1.29, 1.82) is 0 Å². The molecule has 0 atom stereocenters. The minimum Gasteiger partial charge on any atom is -0.310 e. The fourth-order valence-corrected chi connectivity index (χ4v) is 11.7. The van der Waals surface area contributed by atoms with Crippen molar-refractivity contribution in [3.8, 4) is 66.8 Å². The Morgan fingerprint density at radius 1 is 0.262 bits per heavy atom. The molecule has 0 heterocycles. The molecule has 3 aliphatic rings. The van der Waals surface area contributed by atoms with E-state index in [1.165, 1.54) is 100 Å². The van der Waals surface area contributed by atoms with E-state index in [1.807, 2.05) is 0 Å². The van der Waals surface area contributed by atoms with Gasteiger partial charge in [0.2, 0.25) is 0 Å². The van der Waals surface area contributed by atoms with Crippen LogP contribution in [0.25, 0.3) is 66.8 Å². The number of nitrogens with zero attached hydrogens (tertiary/aromatic N) is 1. The average molecular weight is 828 g/mol. The third kappa shape index (κ3) is 5.46. The van der Waals surface area contributed by atoms with Gasteiger partial charge in [-0.1, -0.05) is 202 Å². The maximum absolute atomic E-state index is 2.50. The number of fused-ring (bicyclic) bond motifs is 13. The van der Waals surface area contributed by atoms with Crippen LogP contribution in [0.5, 0.6) is 0 Å². The molecule has 3 aliphatic carbocycles. The third-order valence-corrected chi connectivity index (χ3v) is 14.7. The summed E-state index contributed by atoms with van der Waals surface area (Å²) in [5.41, 5.74) is 26.1. The lowest BCUT2D eigenvalue weighted by atomic mass is 9.70. The Balaban J connectivity index is 1.00. The van der Waals surface area contributed by atoms with E-state index in [-0.39, 0.29) is 5.41 Å². The molecule has 0 fully saturated rings. The van der Waals surface area contributed by atoms with E-state index in [9.17, 15) is 0 Å². The molecular formula is C64H45N. The van der Waals surface area contributed by atoms with Crippen molar-refractivity contribution in [2.75, 3.05) is 4.90 Å². The second kappa shape index (κ2) is 14.3. The van der Waals surface area contributed by atoms with Crippen molar-refractivity contribution < 1.29 is 0 Å². The maximum atomic E-state index is 2.50. The molecule has 0 radical (unpaired) electrons. The number of rotatable bonds is 6. The third-order valence-electron chi connectivity index (χ3n) is 14.7. The summed E-state index contributed by atoms with van der Waals surface area (Å²) in [6.07, 6.45) is 0. The number of hydrogen-bond donors (Lipinski definition) is 0. The van der Waals surface area contributed by atoms with Gasteiger partial charge < -0.3 is 4.90 Å². The lowest BCUT2D eigenvalue weighted by molar-refractivity contribution is 0.660. The minimum absolute atomic E-state index is 0.118. The molecule has 13 rings (SSSR count). The summed E-state index contributed by atoms with van der Waals surface area (Å²) in [6, 6.07) is 88.2. The van der Waals surface area contributed by atoms with Gasteiger partial charge in [-0.25, -0.2) is 0 Å². The topological polar surface area (TPSA) is 3.24 Å². The molecule has 0 saturated heterocycles. The van der Waals surface area contributed by atoms with Crippen LogP contribution in [-0.2, 0) is 10.8 Å². The van der Waals surface area contributed by atoms with Crippen LogP contribution in [0.2, 0.25) is 0 Å². The van der Waals surface area contributed by atoms with E-state index in [1.54, 1.807) is 0 Å². The van der Waals surface area contributed by atoms with Crippen molar-refractivity contribution in [1.82, 2.24) is 0 Å². The Kier molecular flexibility index (Phi) is 8.24. The lowest BCUT2D eigenvalue weighted by Gasteiger charge is -2.31. The fourth-order valence-electron chi connectivity index (χ4n) is 11.7. The predicted molar refractivity (Wildman–Crippen MR) is 271 cm³/mol. The molecule has 10 aromatic carbocycles. The summed E-state index contributed by atoms with van der Waals surface area (Å²) in [4.78, 5) is 2.43. The van der Waals surface area contributed by atoms with E-state index < -0.39 is 5.41 Å². The van der Waals surface area contributed by atoms with Gasteiger partial charge in [0.15, 0.2) is 0 Å². The van der Waals surface area contributed by atoms with Gasteiger partial charge in [0, 0.05) is 22.5 Å². The quantitative estimate of drug-likeness (QED) is 0.161. The second-order valence-electron chi connectivity index (χ2n) is 18.4. The second-order valence-corrected chi connectivity index (χ2v) is 18.4. The summed E-state index contributed by atoms with van der Waals surface area (Å²) in [5, 5.41) is 0. The Bertz CT molecular complexity index is 3440. The van der Waals surface area contributed by atoms with Crippen molar-refractivity contribution in [3.63, 3.8) is 0 Å². The normalized spacial score (nSPS) is 13.9. The fraction of sp³-hybridized carbons (Fsp3) is 0.0625. The highest BCUT2D eigenvalue weighted by Crippen LogP contribution is 2.64. The van der Waals surface area contributed by atoms with Crippen LogP contribution in [0.4, 0.5) is 17.1 Å². The van der Waals surface area contributed by atoms with Crippen molar-refractivity contribution in [3.05, 3.63) is 270 Å². The van der Waals surface area contributed by atoms with Crippen LogP contribution in [0, 0.1) is 0 Å². The zero-order valence-electron chi connectivity index (χ0n) is 36.5. The molecule has 1 spiro atoms. The van der Waals surface area contributed by atoms with Gasteiger partial charge in [0.05, 0.1) is 5.41 Å². The van der Waals surface area contributed by atoms with Gasteiger partial charge in [-0.05, 0) is 149 Å². The van der Waals surface area contributed by atoms with Crippen molar-refractivity contribution in [2.45, 2.75) is 24.7 Å². The van der Waals surface area contributed by atoms with E-state index in [2.05, 4.69) is 255 Å². The molecule has 65 heavy (non-hydrogen) atoms. The van der Waals surface area contributed by atoms with E-state index >= 15 is 0 Å². The molecule has 0 saturated carbocycles. The van der Waals surface area contributed by atoms with Crippen LogP contribution >= 0.6 is 0 Å². The molecular weight excluding hydrogens is 783 g/mol. The molecule has 0 unspecified atom stereocenters. The van der Waals surface area contributed by atoms with Crippen LogP contribution in [0.1, 0.15) is 47.2 Å². The molecule has 1 heteroatoms. The van der Waals surface area contributed by atoms with E-state index in [0.29, 0.717) is 0 Å². The number of anilines is 3. The largest absolute Gasteiger partial charge is 0.310 e. The Hall–Kier alpha value is -8.00. The number of benzene rings is 10. The smallest absolute Gasteiger partial charge is 0.0725 e. The van der Waals surface area contributed by atoms with E-state index in [0.717, 1.165) is 17.1 Å². The maximum Gasteiger partial charge on any atom is 0.0725 e. The zero-order valence-corrected chi connectivity index (χ0v) is 36.5.